The van der Waals surface area contributed by atoms with Crippen LogP contribution in [0.25, 0.3) is 44.1 Å². The van der Waals surface area contributed by atoms with Gasteiger partial charge in [0.1, 0.15) is 4.90 Å². The fraction of sp³-hybridized carbons (Fsp3) is 0. The molecule has 5 rings (SSSR count). The molecule has 0 spiro atoms. The third kappa shape index (κ3) is 7.10. The van der Waals surface area contributed by atoms with Crippen LogP contribution in [0.2, 0.25) is 0 Å². The molecular formula is C24H24N2Na2O9S2. The first kappa shape index (κ1) is 37.2. The van der Waals surface area contributed by atoms with E-state index in [0.717, 1.165) is 11.1 Å². The molecule has 5 aromatic rings. The van der Waals surface area contributed by atoms with Crippen molar-refractivity contribution in [1.82, 2.24) is 9.97 Å². The van der Waals surface area contributed by atoms with Gasteiger partial charge in [-0.05, 0) is 22.8 Å². The van der Waals surface area contributed by atoms with Gasteiger partial charge in [-0.25, -0.2) is 4.98 Å². The molecule has 3 aromatic carbocycles. The van der Waals surface area contributed by atoms with Crippen LogP contribution in [-0.4, -0.2) is 111 Å². The Morgan fingerprint density at radius 2 is 1.10 bits per heavy atom. The summed E-state index contributed by atoms with van der Waals surface area (Å²) in [5.41, 5.74) is 2.28. The molecule has 0 fully saturated rings. The van der Waals surface area contributed by atoms with Crippen molar-refractivity contribution in [2.75, 3.05) is 0 Å². The second-order valence-electron chi connectivity index (χ2n) is 7.52. The zero-order valence-corrected chi connectivity index (χ0v) is 20.5. The first-order valence-electron chi connectivity index (χ1n) is 9.97. The minimum atomic E-state index is -5.15. The summed E-state index contributed by atoms with van der Waals surface area (Å²) in [6.45, 7) is 0. The van der Waals surface area contributed by atoms with E-state index in [-0.39, 0.29) is 92.0 Å². The summed E-state index contributed by atoms with van der Waals surface area (Å²) < 4.78 is 69.1. The maximum absolute atomic E-state index is 12.4. The van der Waals surface area contributed by atoms with E-state index >= 15 is 0 Å². The number of benzene rings is 3. The Morgan fingerprint density at radius 1 is 0.590 bits per heavy atom. The number of aromatic nitrogens is 2. The van der Waals surface area contributed by atoms with Gasteiger partial charge in [0.25, 0.3) is 10.1 Å². The number of pyridine rings is 2. The molecule has 2 aromatic heterocycles. The monoisotopic (exact) mass is 594 g/mol. The van der Waals surface area contributed by atoms with Gasteiger partial charge < -0.3 is 16.4 Å². The van der Waals surface area contributed by atoms with Crippen LogP contribution in [0.15, 0.2) is 95.0 Å². The summed E-state index contributed by atoms with van der Waals surface area (Å²) in [7, 11) is -10.3. The molecule has 0 saturated carbocycles. The summed E-state index contributed by atoms with van der Waals surface area (Å²) in [4.78, 5) is 7.42. The summed E-state index contributed by atoms with van der Waals surface area (Å²) in [5.74, 6) is 0. The van der Waals surface area contributed by atoms with E-state index in [1.165, 1.54) is 6.20 Å². The van der Waals surface area contributed by atoms with Crippen LogP contribution in [0, 0.1) is 0 Å². The molecular weight excluding hydrogens is 570 g/mol. The Hall–Kier alpha value is -1.82. The molecule has 15 heteroatoms. The van der Waals surface area contributed by atoms with Crippen molar-refractivity contribution >= 4 is 101 Å². The molecule has 0 radical (unpaired) electrons. The molecule has 0 amide bonds. The number of hydrogen-bond donors (Lipinski definition) is 2. The molecule has 0 saturated heterocycles. The van der Waals surface area contributed by atoms with Crippen molar-refractivity contribution in [2.24, 2.45) is 0 Å². The summed E-state index contributed by atoms with van der Waals surface area (Å²) in [6.07, 6.45) is 1.54. The van der Waals surface area contributed by atoms with Gasteiger partial charge in [0.15, 0.2) is 0 Å². The second kappa shape index (κ2) is 14.2. The summed E-state index contributed by atoms with van der Waals surface area (Å²) in [5, 5.41) is -0.272. The van der Waals surface area contributed by atoms with Gasteiger partial charge in [-0.3, -0.25) is 14.1 Å². The molecule has 0 bridgehead atoms. The molecule has 39 heavy (non-hydrogen) atoms. The van der Waals surface area contributed by atoms with E-state index in [0.29, 0.717) is 16.5 Å². The van der Waals surface area contributed by atoms with Gasteiger partial charge in [0, 0.05) is 22.5 Å². The van der Waals surface area contributed by atoms with Gasteiger partial charge in [0.2, 0.25) is 5.03 Å². The van der Waals surface area contributed by atoms with E-state index in [1.807, 2.05) is 30.3 Å². The topological polar surface area (TPSA) is 229 Å². The Morgan fingerprint density at radius 3 is 1.62 bits per heavy atom. The Labute approximate surface area is 268 Å². The molecule has 11 nitrogen and oxygen atoms in total. The molecule has 8 N–H and O–H groups in total. The zero-order valence-electron chi connectivity index (χ0n) is 18.8. The molecule has 0 aliphatic heterocycles. The van der Waals surface area contributed by atoms with Crippen molar-refractivity contribution in [3.63, 3.8) is 0 Å². The molecule has 0 aliphatic rings. The number of fused-ring (bicyclic) bond motifs is 3. The van der Waals surface area contributed by atoms with E-state index in [9.17, 15) is 25.9 Å². The Balaban J connectivity index is 0.00000289. The van der Waals surface area contributed by atoms with E-state index in [1.54, 1.807) is 48.5 Å². The van der Waals surface area contributed by atoms with Crippen LogP contribution in [-0.2, 0) is 20.2 Å². The van der Waals surface area contributed by atoms with Crippen molar-refractivity contribution in [1.29, 1.82) is 0 Å². The minimum absolute atomic E-state index is 0. The quantitative estimate of drug-likeness (QED) is 0.172. The van der Waals surface area contributed by atoms with E-state index in [2.05, 4.69) is 9.97 Å². The van der Waals surface area contributed by atoms with Crippen molar-refractivity contribution < 1.29 is 42.4 Å². The SMILES string of the molecule is O.O.O.O=S(=O)(O)c1nc2c(ccc3c(-c4ccccc4)ccnc32)c(-c2ccccc2)c1S(=O)(=O)O.[NaH].[NaH]. The predicted octanol–water partition coefficient (Wildman–Crippen LogP) is 0.839. The van der Waals surface area contributed by atoms with Gasteiger partial charge in [-0.1, -0.05) is 72.8 Å². The molecule has 2 heterocycles. The fourth-order valence-corrected chi connectivity index (χ4v) is 6.00. The van der Waals surface area contributed by atoms with Crippen molar-refractivity contribution in [3.05, 3.63) is 85.1 Å². The Kier molecular flexibility index (Phi) is 13.5. The van der Waals surface area contributed by atoms with E-state index < -0.39 is 30.2 Å². The standard InChI is InChI=1S/C24H16N2O6S2.2Na.3H2O.2H/c27-33(28,29)23-20(16-9-5-2-6-10-16)19-12-11-18-17(15-7-3-1-4-8-15)13-14-25-21(18)22(19)26-24(23)34(30,31)32;;;;;;;/h1-14H,(H,27,28,29)(H,30,31,32);;;3*1H2;;. The van der Waals surface area contributed by atoms with Crippen molar-refractivity contribution in [2.45, 2.75) is 9.92 Å². The fourth-order valence-electron chi connectivity index (χ4n) is 4.08. The third-order valence-electron chi connectivity index (χ3n) is 5.44. The van der Waals surface area contributed by atoms with E-state index in [4.69, 9.17) is 0 Å². The first-order chi connectivity index (χ1) is 16.2. The van der Waals surface area contributed by atoms with Crippen LogP contribution < -0.4 is 0 Å². The maximum atomic E-state index is 12.4. The number of nitrogens with zero attached hydrogens (tertiary/aromatic N) is 2. The summed E-state index contributed by atoms with van der Waals surface area (Å²) >= 11 is 0. The van der Waals surface area contributed by atoms with Crippen LogP contribution >= 0.6 is 0 Å². The number of hydrogen-bond acceptors (Lipinski definition) is 6. The second-order valence-corrected chi connectivity index (χ2v) is 10.2. The van der Waals surface area contributed by atoms with Gasteiger partial charge in [-0.2, -0.15) is 16.8 Å². The van der Waals surface area contributed by atoms with Crippen LogP contribution in [0.1, 0.15) is 0 Å². The average molecular weight is 595 g/mol. The van der Waals surface area contributed by atoms with Crippen LogP contribution in [0.3, 0.4) is 0 Å². The predicted molar refractivity (Wildman–Crippen MR) is 153 cm³/mol. The zero-order chi connectivity index (χ0) is 24.1. The Bertz CT molecular complexity index is 1810. The van der Waals surface area contributed by atoms with Gasteiger partial charge >= 0.3 is 69.2 Å². The summed E-state index contributed by atoms with van der Waals surface area (Å²) in [6, 6.07) is 22.7. The molecule has 0 atom stereocenters. The normalized spacial score (nSPS) is 10.7. The van der Waals surface area contributed by atoms with Crippen LogP contribution in [0.4, 0.5) is 0 Å². The number of rotatable bonds is 4. The third-order valence-corrected chi connectivity index (χ3v) is 7.27. The van der Waals surface area contributed by atoms with Crippen LogP contribution in [0.5, 0.6) is 0 Å². The average Bonchev–Trinajstić information content (AvgIpc) is 2.82. The van der Waals surface area contributed by atoms with Gasteiger partial charge in [-0.15, -0.1) is 0 Å². The van der Waals surface area contributed by atoms with Crippen molar-refractivity contribution in [3.8, 4) is 22.3 Å². The molecule has 0 unspecified atom stereocenters. The molecule has 0 aliphatic carbocycles. The molecule has 198 valence electrons. The first-order valence-corrected chi connectivity index (χ1v) is 12.9. The van der Waals surface area contributed by atoms with Gasteiger partial charge in [0.05, 0.1) is 11.0 Å².